The number of para-hydroxylation sites is 1. The molecule has 0 unspecified atom stereocenters. The van der Waals surface area contributed by atoms with Crippen LogP contribution in [0.1, 0.15) is 20.7 Å². The summed E-state index contributed by atoms with van der Waals surface area (Å²) in [5.41, 5.74) is 2.42. The molecule has 144 valence electrons. The van der Waals surface area contributed by atoms with E-state index in [1.54, 1.807) is 60.7 Å². The van der Waals surface area contributed by atoms with Gasteiger partial charge in [0.05, 0.1) is 15.5 Å². The molecular formula is C24H13NO4S. The van der Waals surface area contributed by atoms with Crippen LogP contribution < -0.4 is 4.90 Å². The maximum absolute atomic E-state index is 13.3. The van der Waals surface area contributed by atoms with E-state index in [0.29, 0.717) is 38.7 Å². The monoisotopic (exact) mass is 411 g/mol. The first-order chi connectivity index (χ1) is 14.5. The number of carbonyl (C=O) groups excluding carboxylic acids is 2. The minimum atomic E-state index is -3.76. The molecule has 0 bridgehead atoms. The van der Waals surface area contributed by atoms with Crippen molar-refractivity contribution in [3.05, 3.63) is 90.0 Å². The molecule has 6 rings (SSSR count). The van der Waals surface area contributed by atoms with Gasteiger partial charge in [-0.25, -0.2) is 13.3 Å². The molecule has 2 amide bonds. The first-order valence-electron chi connectivity index (χ1n) is 9.38. The Balaban J connectivity index is 1.73. The molecule has 5 nitrogen and oxygen atoms in total. The van der Waals surface area contributed by atoms with Crippen molar-refractivity contribution >= 4 is 38.1 Å². The Kier molecular flexibility index (Phi) is 3.22. The number of fused-ring (bicyclic) bond motifs is 2. The van der Waals surface area contributed by atoms with Gasteiger partial charge in [-0.2, -0.15) is 0 Å². The molecule has 0 spiro atoms. The Bertz CT molecular complexity index is 1520. The van der Waals surface area contributed by atoms with Gasteiger partial charge in [-0.3, -0.25) is 9.59 Å². The van der Waals surface area contributed by atoms with Gasteiger partial charge in [0.15, 0.2) is 0 Å². The highest BCUT2D eigenvalue weighted by Gasteiger charge is 2.39. The Morgan fingerprint density at radius 3 is 1.87 bits per heavy atom. The molecule has 0 aromatic heterocycles. The fraction of sp³-hybridized carbons (Fsp3) is 0. The van der Waals surface area contributed by atoms with Crippen molar-refractivity contribution in [3.63, 3.8) is 0 Å². The number of hydrogen-bond donors (Lipinski definition) is 0. The molecule has 2 heterocycles. The van der Waals surface area contributed by atoms with Crippen molar-refractivity contribution in [1.82, 2.24) is 0 Å². The van der Waals surface area contributed by atoms with E-state index in [2.05, 4.69) is 0 Å². The van der Waals surface area contributed by atoms with E-state index in [9.17, 15) is 18.0 Å². The summed E-state index contributed by atoms with van der Waals surface area (Å²) in [4.78, 5) is 28.1. The zero-order valence-corrected chi connectivity index (χ0v) is 16.3. The molecule has 0 aliphatic carbocycles. The summed E-state index contributed by atoms with van der Waals surface area (Å²) in [6.07, 6.45) is 0. The predicted molar refractivity (Wildman–Crippen MR) is 112 cm³/mol. The lowest BCUT2D eigenvalue weighted by Gasteiger charge is -2.30. The highest BCUT2D eigenvalue weighted by atomic mass is 32.2. The van der Waals surface area contributed by atoms with Crippen LogP contribution in [0.25, 0.3) is 21.9 Å². The molecule has 6 heteroatoms. The molecule has 0 saturated heterocycles. The Hall–Kier alpha value is -3.77. The van der Waals surface area contributed by atoms with Crippen molar-refractivity contribution in [2.24, 2.45) is 0 Å². The van der Waals surface area contributed by atoms with Crippen LogP contribution in [0.3, 0.4) is 0 Å². The minimum Gasteiger partial charge on any atom is -0.268 e. The molecule has 30 heavy (non-hydrogen) atoms. The highest BCUT2D eigenvalue weighted by Crippen LogP contribution is 2.47. The maximum Gasteiger partial charge on any atom is 0.265 e. The van der Waals surface area contributed by atoms with Crippen LogP contribution in [-0.2, 0) is 9.84 Å². The topological polar surface area (TPSA) is 71.5 Å². The van der Waals surface area contributed by atoms with E-state index in [0.717, 1.165) is 4.90 Å². The first kappa shape index (κ1) is 17.1. The predicted octanol–water partition coefficient (Wildman–Crippen LogP) is 4.45. The standard InChI is InChI=1S/C24H13NO4S/c26-23-17-11-10-16-15-8-4-5-9-19(15)30(28,29)20-13-12-18(21(17)22(16)20)24(27)25(23)14-6-2-1-3-7-14/h1-13H. The number of benzene rings is 4. The van der Waals surface area contributed by atoms with Crippen LogP contribution in [-0.4, -0.2) is 20.2 Å². The van der Waals surface area contributed by atoms with Gasteiger partial charge in [0.1, 0.15) is 0 Å². The summed E-state index contributed by atoms with van der Waals surface area (Å²) >= 11 is 0. The summed E-state index contributed by atoms with van der Waals surface area (Å²) in [7, 11) is -3.76. The van der Waals surface area contributed by atoms with Gasteiger partial charge in [-0.15, -0.1) is 0 Å². The highest BCUT2D eigenvalue weighted by molar-refractivity contribution is 7.92. The second kappa shape index (κ2) is 5.64. The fourth-order valence-electron chi connectivity index (χ4n) is 4.46. The molecule has 2 aliphatic rings. The number of sulfone groups is 1. The third-order valence-electron chi connectivity index (χ3n) is 5.76. The smallest absolute Gasteiger partial charge is 0.265 e. The quantitative estimate of drug-likeness (QED) is 0.382. The largest absolute Gasteiger partial charge is 0.268 e. The number of carbonyl (C=O) groups is 2. The van der Waals surface area contributed by atoms with Gasteiger partial charge >= 0.3 is 0 Å². The molecule has 0 fully saturated rings. The average Bonchev–Trinajstić information content (AvgIpc) is 2.77. The van der Waals surface area contributed by atoms with Gasteiger partial charge in [0, 0.05) is 27.5 Å². The van der Waals surface area contributed by atoms with Crippen molar-refractivity contribution < 1.29 is 18.0 Å². The normalized spacial score (nSPS) is 15.9. The van der Waals surface area contributed by atoms with E-state index in [1.165, 1.54) is 12.1 Å². The van der Waals surface area contributed by atoms with E-state index in [4.69, 9.17) is 0 Å². The lowest BCUT2D eigenvalue weighted by molar-refractivity contribution is 0.0893. The molecule has 0 radical (unpaired) electrons. The van der Waals surface area contributed by atoms with Crippen LogP contribution in [0.4, 0.5) is 5.69 Å². The summed E-state index contributed by atoms with van der Waals surface area (Å²) in [6.45, 7) is 0. The molecule has 2 aliphatic heterocycles. The lowest BCUT2D eigenvalue weighted by atomic mass is 9.88. The Labute approximate surface area is 172 Å². The molecule has 0 atom stereocenters. The summed E-state index contributed by atoms with van der Waals surface area (Å²) in [5.74, 6) is -0.919. The summed E-state index contributed by atoms with van der Waals surface area (Å²) < 4.78 is 26.6. The number of nitrogens with zero attached hydrogens (tertiary/aromatic N) is 1. The molecule has 0 saturated carbocycles. The van der Waals surface area contributed by atoms with Gasteiger partial charge in [0.2, 0.25) is 9.84 Å². The number of hydrogen-bond acceptors (Lipinski definition) is 4. The maximum atomic E-state index is 13.3. The minimum absolute atomic E-state index is 0.130. The van der Waals surface area contributed by atoms with E-state index >= 15 is 0 Å². The number of anilines is 1. The molecule has 4 aromatic carbocycles. The second-order valence-electron chi connectivity index (χ2n) is 7.30. The van der Waals surface area contributed by atoms with Crippen molar-refractivity contribution in [1.29, 1.82) is 0 Å². The molecular weight excluding hydrogens is 398 g/mol. The zero-order valence-electron chi connectivity index (χ0n) is 15.5. The second-order valence-corrected chi connectivity index (χ2v) is 9.19. The van der Waals surface area contributed by atoms with E-state index in [-0.39, 0.29) is 9.79 Å². The zero-order chi connectivity index (χ0) is 20.6. The third kappa shape index (κ3) is 1.98. The third-order valence-corrected chi connectivity index (χ3v) is 7.61. The van der Waals surface area contributed by atoms with Crippen molar-refractivity contribution in [2.45, 2.75) is 9.79 Å². The number of imide groups is 1. The van der Waals surface area contributed by atoms with Crippen LogP contribution in [0.5, 0.6) is 0 Å². The SMILES string of the molecule is O=C1c2ccc3c4c(ccc(c24)C(=O)N1c1ccccc1)S(=O)(=O)c1ccccc1-3. The van der Waals surface area contributed by atoms with Crippen LogP contribution in [0.2, 0.25) is 0 Å². The van der Waals surface area contributed by atoms with Crippen molar-refractivity contribution in [2.75, 3.05) is 4.90 Å². The Morgan fingerprint density at radius 2 is 1.13 bits per heavy atom. The van der Waals surface area contributed by atoms with Crippen LogP contribution >= 0.6 is 0 Å². The summed E-state index contributed by atoms with van der Waals surface area (Å²) in [6, 6.07) is 22.0. The van der Waals surface area contributed by atoms with Crippen LogP contribution in [0, 0.1) is 0 Å². The van der Waals surface area contributed by atoms with Gasteiger partial charge in [-0.05, 0) is 42.0 Å². The van der Waals surface area contributed by atoms with E-state index < -0.39 is 21.7 Å². The average molecular weight is 411 g/mol. The number of rotatable bonds is 1. The molecule has 4 aromatic rings. The fourth-order valence-corrected chi connectivity index (χ4v) is 6.15. The summed E-state index contributed by atoms with van der Waals surface area (Å²) in [5, 5.41) is 0.850. The first-order valence-corrected chi connectivity index (χ1v) is 10.9. The molecule has 0 N–H and O–H groups in total. The van der Waals surface area contributed by atoms with Crippen LogP contribution in [0.15, 0.2) is 88.7 Å². The van der Waals surface area contributed by atoms with E-state index in [1.807, 2.05) is 6.07 Å². The Morgan fingerprint density at radius 1 is 0.533 bits per heavy atom. The van der Waals surface area contributed by atoms with Gasteiger partial charge in [0.25, 0.3) is 11.8 Å². The number of amides is 2. The van der Waals surface area contributed by atoms with Gasteiger partial charge < -0.3 is 0 Å². The lowest BCUT2D eigenvalue weighted by Crippen LogP contribution is -2.40. The van der Waals surface area contributed by atoms with Crippen molar-refractivity contribution in [3.8, 4) is 11.1 Å². The van der Waals surface area contributed by atoms with Gasteiger partial charge in [-0.1, -0.05) is 42.5 Å².